The van der Waals surface area contributed by atoms with Crippen LogP contribution >= 0.6 is 0 Å². The summed E-state index contributed by atoms with van der Waals surface area (Å²) in [6.07, 6.45) is -1.27. The summed E-state index contributed by atoms with van der Waals surface area (Å²) in [6, 6.07) is 0. The molecule has 0 unspecified atom stereocenters. The molecular formula is C12H7F4NO5. The van der Waals surface area contributed by atoms with Crippen molar-refractivity contribution in [1.82, 2.24) is 4.57 Å². The van der Waals surface area contributed by atoms with Gasteiger partial charge in [-0.1, -0.05) is 0 Å². The van der Waals surface area contributed by atoms with Crippen molar-refractivity contribution in [2.24, 2.45) is 0 Å². The normalized spacial score (nSPS) is 11.0. The average molecular weight is 321 g/mol. The number of aliphatic hydroxyl groups excluding tert-OH is 1. The number of benzene rings is 1. The highest BCUT2D eigenvalue weighted by Crippen LogP contribution is 2.26. The minimum atomic E-state index is -2.22. The molecule has 2 aromatic rings. The fourth-order valence-electron chi connectivity index (χ4n) is 1.94. The first-order valence-electron chi connectivity index (χ1n) is 5.70. The van der Waals surface area contributed by atoms with Crippen LogP contribution in [0, 0.1) is 23.3 Å². The Morgan fingerprint density at radius 1 is 1.14 bits per heavy atom. The second kappa shape index (κ2) is 5.64. The third-order valence-electron chi connectivity index (χ3n) is 2.79. The van der Waals surface area contributed by atoms with Gasteiger partial charge in [-0.15, -0.1) is 0 Å². The van der Waals surface area contributed by atoms with Gasteiger partial charge in [0.1, 0.15) is 0 Å². The van der Waals surface area contributed by atoms with Gasteiger partial charge in [-0.25, -0.2) is 22.4 Å². The minimum Gasteiger partial charge on any atom is -0.449 e. The molecular weight excluding hydrogens is 314 g/mol. The van der Waals surface area contributed by atoms with E-state index >= 15 is 0 Å². The zero-order valence-electron chi connectivity index (χ0n) is 10.6. The Balaban J connectivity index is 3.00. The zero-order valence-corrected chi connectivity index (χ0v) is 10.6. The summed E-state index contributed by atoms with van der Waals surface area (Å²) in [7, 11) is 0. The molecule has 0 saturated heterocycles. The lowest BCUT2D eigenvalue weighted by Crippen LogP contribution is -2.20. The molecule has 1 heterocycles. The number of pyridine rings is 1. The molecule has 118 valence electrons. The highest BCUT2D eigenvalue weighted by molar-refractivity contribution is 5.82. The van der Waals surface area contributed by atoms with E-state index in [-0.39, 0.29) is 0 Å². The number of halogens is 4. The number of hydrogen-bond donors (Lipinski definition) is 2. The molecule has 0 fully saturated rings. The van der Waals surface area contributed by atoms with Crippen LogP contribution in [0.5, 0.6) is 5.75 Å². The maximum atomic E-state index is 13.8. The smallest absolute Gasteiger partial charge is 0.449 e. The van der Waals surface area contributed by atoms with Crippen LogP contribution in [0.15, 0.2) is 11.0 Å². The van der Waals surface area contributed by atoms with E-state index in [2.05, 4.69) is 4.74 Å². The molecule has 0 amide bonds. The summed E-state index contributed by atoms with van der Waals surface area (Å²) in [5, 5.41) is 16.1. The molecule has 0 bridgehead atoms. The number of carbonyl (C=O) groups is 1. The maximum absolute atomic E-state index is 13.8. The van der Waals surface area contributed by atoms with E-state index in [1.807, 2.05) is 0 Å². The number of carboxylic acid groups (broad SMARTS) is 1. The number of aromatic nitrogens is 1. The third-order valence-corrected chi connectivity index (χ3v) is 2.79. The summed E-state index contributed by atoms with van der Waals surface area (Å²) in [6.45, 7) is -1.08. The second-order valence-corrected chi connectivity index (χ2v) is 4.09. The Morgan fingerprint density at radius 2 is 1.73 bits per heavy atom. The SMILES string of the molecule is O=C(O)Oc1cn(CCO)c2c(F)c(F)c(F)c(F)c2c1=O. The van der Waals surface area contributed by atoms with Crippen LogP contribution in [-0.4, -0.2) is 27.5 Å². The molecule has 2 N–H and O–H groups in total. The van der Waals surface area contributed by atoms with Crippen molar-refractivity contribution in [2.45, 2.75) is 6.54 Å². The standard InChI is InChI=1S/C12H7F4NO5/c13-6-5-10(9(16)8(15)7(6)14)17(1-2-18)3-4(11(5)19)22-12(20)21/h3,18H,1-2H2,(H,20,21). The lowest BCUT2D eigenvalue weighted by molar-refractivity contribution is 0.143. The predicted molar refractivity (Wildman–Crippen MR) is 63.8 cm³/mol. The van der Waals surface area contributed by atoms with Gasteiger partial charge in [0, 0.05) is 6.54 Å². The molecule has 0 spiro atoms. The average Bonchev–Trinajstić information content (AvgIpc) is 2.45. The Bertz CT molecular complexity index is 833. The van der Waals surface area contributed by atoms with E-state index in [0.717, 1.165) is 0 Å². The summed E-state index contributed by atoms with van der Waals surface area (Å²) >= 11 is 0. The van der Waals surface area contributed by atoms with Crippen LogP contribution in [0.1, 0.15) is 0 Å². The number of rotatable bonds is 3. The summed E-state index contributed by atoms with van der Waals surface area (Å²) in [4.78, 5) is 22.4. The first-order chi connectivity index (χ1) is 10.3. The maximum Gasteiger partial charge on any atom is 0.511 e. The number of aliphatic hydroxyl groups is 1. The number of ether oxygens (including phenoxy) is 1. The monoisotopic (exact) mass is 321 g/mol. The second-order valence-electron chi connectivity index (χ2n) is 4.09. The predicted octanol–water partition coefficient (Wildman–Crippen LogP) is 1.61. The zero-order chi connectivity index (χ0) is 16.6. The van der Waals surface area contributed by atoms with Gasteiger partial charge in [0.2, 0.25) is 5.43 Å². The quantitative estimate of drug-likeness (QED) is 0.388. The van der Waals surface area contributed by atoms with E-state index in [9.17, 15) is 27.2 Å². The van der Waals surface area contributed by atoms with E-state index in [4.69, 9.17) is 10.2 Å². The van der Waals surface area contributed by atoms with Crippen molar-refractivity contribution in [3.8, 4) is 5.75 Å². The van der Waals surface area contributed by atoms with Crippen molar-refractivity contribution in [3.63, 3.8) is 0 Å². The molecule has 0 aliphatic heterocycles. The highest BCUT2D eigenvalue weighted by Gasteiger charge is 2.26. The van der Waals surface area contributed by atoms with Gasteiger partial charge in [0.05, 0.1) is 23.7 Å². The summed E-state index contributed by atoms with van der Waals surface area (Å²) in [5.74, 6) is -9.13. The van der Waals surface area contributed by atoms with Crippen molar-refractivity contribution < 1.29 is 37.3 Å². The molecule has 0 aliphatic carbocycles. The molecule has 2 rings (SSSR count). The minimum absolute atomic E-state index is 0.450. The van der Waals surface area contributed by atoms with E-state index in [1.165, 1.54) is 0 Å². The van der Waals surface area contributed by atoms with Crippen LogP contribution in [0.2, 0.25) is 0 Å². The van der Waals surface area contributed by atoms with E-state index in [1.54, 1.807) is 0 Å². The van der Waals surface area contributed by atoms with Crippen LogP contribution in [0.4, 0.5) is 22.4 Å². The summed E-state index contributed by atoms with van der Waals surface area (Å²) in [5.41, 5.74) is -2.42. The Kier molecular flexibility index (Phi) is 4.04. The number of fused-ring (bicyclic) bond motifs is 1. The van der Waals surface area contributed by atoms with Gasteiger partial charge >= 0.3 is 6.16 Å². The lowest BCUT2D eigenvalue weighted by atomic mass is 10.1. The molecule has 10 heteroatoms. The first kappa shape index (κ1) is 15.8. The van der Waals surface area contributed by atoms with Crippen molar-refractivity contribution in [2.75, 3.05) is 6.61 Å². The molecule has 1 aromatic heterocycles. The van der Waals surface area contributed by atoms with Crippen LogP contribution in [-0.2, 0) is 6.54 Å². The van der Waals surface area contributed by atoms with Gasteiger partial charge in [-0.2, -0.15) is 0 Å². The van der Waals surface area contributed by atoms with Crippen LogP contribution < -0.4 is 10.2 Å². The van der Waals surface area contributed by atoms with Gasteiger partial charge in [0.15, 0.2) is 29.0 Å². The van der Waals surface area contributed by atoms with Crippen molar-refractivity contribution in [1.29, 1.82) is 0 Å². The highest BCUT2D eigenvalue weighted by atomic mass is 19.2. The van der Waals surface area contributed by atoms with Gasteiger partial charge in [0.25, 0.3) is 0 Å². The molecule has 0 saturated carbocycles. The fourth-order valence-corrected chi connectivity index (χ4v) is 1.94. The largest absolute Gasteiger partial charge is 0.511 e. The van der Waals surface area contributed by atoms with Gasteiger partial charge in [-0.05, 0) is 0 Å². The lowest BCUT2D eigenvalue weighted by Gasteiger charge is -2.13. The van der Waals surface area contributed by atoms with Gasteiger partial charge < -0.3 is 19.5 Å². The topological polar surface area (TPSA) is 88.8 Å². The van der Waals surface area contributed by atoms with Crippen LogP contribution in [0.25, 0.3) is 10.9 Å². The van der Waals surface area contributed by atoms with E-state index in [0.29, 0.717) is 10.8 Å². The molecule has 0 radical (unpaired) electrons. The molecule has 22 heavy (non-hydrogen) atoms. The Hall–Kier alpha value is -2.62. The van der Waals surface area contributed by atoms with Crippen molar-refractivity contribution >= 4 is 17.1 Å². The number of nitrogens with zero attached hydrogens (tertiary/aromatic N) is 1. The first-order valence-corrected chi connectivity index (χ1v) is 5.70. The summed E-state index contributed by atoms with van der Waals surface area (Å²) < 4.78 is 58.9. The Morgan fingerprint density at radius 3 is 2.27 bits per heavy atom. The molecule has 0 atom stereocenters. The fraction of sp³-hybridized carbons (Fsp3) is 0.167. The molecule has 6 nitrogen and oxygen atoms in total. The number of hydrogen-bond acceptors (Lipinski definition) is 4. The van der Waals surface area contributed by atoms with Gasteiger partial charge in [-0.3, -0.25) is 4.79 Å². The van der Waals surface area contributed by atoms with Crippen LogP contribution in [0.3, 0.4) is 0 Å². The van der Waals surface area contributed by atoms with E-state index < -0.39 is 64.7 Å². The third kappa shape index (κ3) is 2.37. The molecule has 1 aromatic carbocycles. The Labute approximate surface area is 118 Å². The molecule has 0 aliphatic rings. The van der Waals surface area contributed by atoms with Crippen molar-refractivity contribution in [3.05, 3.63) is 39.7 Å².